The van der Waals surface area contributed by atoms with E-state index in [2.05, 4.69) is 15.3 Å². The van der Waals surface area contributed by atoms with Crippen LogP contribution in [-0.4, -0.2) is 21.0 Å². The van der Waals surface area contributed by atoms with Crippen molar-refractivity contribution in [1.82, 2.24) is 9.97 Å². The zero-order chi connectivity index (χ0) is 13.8. The third-order valence-corrected chi connectivity index (χ3v) is 2.55. The van der Waals surface area contributed by atoms with E-state index in [4.69, 9.17) is 5.73 Å². The molecule has 5 N–H and O–H groups in total. The van der Waals surface area contributed by atoms with Crippen LogP contribution in [0.2, 0.25) is 0 Å². The largest absolute Gasteiger partial charge is 0.479 e. The smallest absolute Gasteiger partial charge is 0.330 e. The van der Waals surface area contributed by atoms with Crippen LogP contribution in [0.15, 0.2) is 41.5 Å². The van der Waals surface area contributed by atoms with Gasteiger partial charge in [-0.1, -0.05) is 30.3 Å². The van der Waals surface area contributed by atoms with Crippen molar-refractivity contribution >= 4 is 17.5 Å². The average Bonchev–Trinajstić information content (AvgIpc) is 2.41. The van der Waals surface area contributed by atoms with Gasteiger partial charge in [0.25, 0.3) is 5.56 Å². The van der Waals surface area contributed by atoms with E-state index < -0.39 is 17.6 Å². The first-order valence-corrected chi connectivity index (χ1v) is 5.47. The standard InChI is InChI=1S/C12H12N4O3/c13-8-10(14-6-15-11(8)17)16-9(12(18)19)7-4-2-1-3-5-7/h1-6,9H,13H2,(H,18,19)(H2,14,15,16,17). The summed E-state index contributed by atoms with van der Waals surface area (Å²) in [5.41, 5.74) is 5.42. The summed E-state index contributed by atoms with van der Waals surface area (Å²) in [6, 6.07) is 7.52. The molecule has 0 saturated heterocycles. The normalized spacial score (nSPS) is 11.8. The molecule has 0 amide bonds. The molecule has 0 aliphatic rings. The highest BCUT2D eigenvalue weighted by molar-refractivity contribution is 5.80. The first kappa shape index (κ1) is 12.6. The molecule has 0 radical (unpaired) electrons. The molecule has 7 heteroatoms. The highest BCUT2D eigenvalue weighted by atomic mass is 16.4. The van der Waals surface area contributed by atoms with Gasteiger partial charge in [-0.05, 0) is 5.56 Å². The lowest BCUT2D eigenvalue weighted by atomic mass is 10.1. The molecule has 0 aliphatic heterocycles. The highest BCUT2D eigenvalue weighted by Crippen LogP contribution is 2.20. The van der Waals surface area contributed by atoms with Crippen LogP contribution in [0.4, 0.5) is 11.5 Å². The van der Waals surface area contributed by atoms with Crippen LogP contribution in [0.3, 0.4) is 0 Å². The summed E-state index contributed by atoms with van der Waals surface area (Å²) < 4.78 is 0. The van der Waals surface area contributed by atoms with Gasteiger partial charge in [0.05, 0.1) is 6.33 Å². The molecule has 2 rings (SSSR count). The molecule has 1 atom stereocenters. The minimum absolute atomic E-state index is 0.0417. The van der Waals surface area contributed by atoms with E-state index >= 15 is 0 Å². The molecule has 98 valence electrons. The predicted octanol–water partition coefficient (Wildman–Crippen LogP) is 0.590. The maximum atomic E-state index is 11.3. The maximum Gasteiger partial charge on any atom is 0.330 e. The number of nitrogens with one attached hydrogen (secondary N) is 2. The molecule has 1 aromatic carbocycles. The number of benzene rings is 1. The Morgan fingerprint density at radius 2 is 2.05 bits per heavy atom. The van der Waals surface area contributed by atoms with Crippen LogP contribution < -0.4 is 16.6 Å². The van der Waals surface area contributed by atoms with E-state index in [0.29, 0.717) is 5.56 Å². The summed E-state index contributed by atoms with van der Waals surface area (Å²) in [6.07, 6.45) is 1.16. The number of nitrogen functional groups attached to an aromatic ring is 1. The van der Waals surface area contributed by atoms with Gasteiger partial charge >= 0.3 is 5.97 Å². The third kappa shape index (κ3) is 2.71. The number of nitrogens with two attached hydrogens (primary N) is 1. The molecule has 0 aliphatic carbocycles. The van der Waals surface area contributed by atoms with Gasteiger partial charge in [-0.15, -0.1) is 0 Å². The Balaban J connectivity index is 2.35. The Morgan fingerprint density at radius 3 is 2.68 bits per heavy atom. The van der Waals surface area contributed by atoms with Gasteiger partial charge < -0.3 is 21.1 Å². The number of aromatic amines is 1. The van der Waals surface area contributed by atoms with Crippen molar-refractivity contribution in [3.63, 3.8) is 0 Å². The summed E-state index contributed by atoms with van der Waals surface area (Å²) in [6.45, 7) is 0. The van der Waals surface area contributed by atoms with Gasteiger partial charge in [-0.25, -0.2) is 9.78 Å². The van der Waals surface area contributed by atoms with Gasteiger partial charge in [-0.3, -0.25) is 4.79 Å². The number of carboxylic acids is 1. The number of nitrogens with zero attached hydrogens (tertiary/aromatic N) is 1. The van der Waals surface area contributed by atoms with Crippen molar-refractivity contribution in [2.45, 2.75) is 6.04 Å². The van der Waals surface area contributed by atoms with Gasteiger partial charge in [-0.2, -0.15) is 0 Å². The summed E-state index contributed by atoms with van der Waals surface area (Å²) in [4.78, 5) is 28.7. The monoisotopic (exact) mass is 260 g/mol. The van der Waals surface area contributed by atoms with E-state index in [1.807, 2.05) is 0 Å². The number of rotatable bonds is 4. The van der Waals surface area contributed by atoms with Crippen molar-refractivity contribution in [2.24, 2.45) is 0 Å². The molecule has 7 nitrogen and oxygen atoms in total. The minimum Gasteiger partial charge on any atom is -0.479 e. The zero-order valence-electron chi connectivity index (χ0n) is 9.83. The summed E-state index contributed by atoms with van der Waals surface area (Å²) in [7, 11) is 0. The first-order valence-electron chi connectivity index (χ1n) is 5.47. The molecule has 2 aromatic rings. The fourth-order valence-corrected chi connectivity index (χ4v) is 1.60. The summed E-state index contributed by atoms with van der Waals surface area (Å²) in [5.74, 6) is -1.05. The van der Waals surface area contributed by atoms with Crippen LogP contribution in [0.5, 0.6) is 0 Å². The Hall–Kier alpha value is -2.83. The Labute approximate surface area is 108 Å². The lowest BCUT2D eigenvalue weighted by Gasteiger charge is -2.16. The predicted molar refractivity (Wildman–Crippen MR) is 69.7 cm³/mol. The van der Waals surface area contributed by atoms with Gasteiger partial charge in [0.15, 0.2) is 11.9 Å². The maximum absolute atomic E-state index is 11.3. The van der Waals surface area contributed by atoms with Crippen molar-refractivity contribution in [3.8, 4) is 0 Å². The van der Waals surface area contributed by atoms with Crippen LogP contribution in [0.1, 0.15) is 11.6 Å². The van der Waals surface area contributed by atoms with E-state index in [1.54, 1.807) is 30.3 Å². The van der Waals surface area contributed by atoms with Crippen molar-refractivity contribution in [1.29, 1.82) is 0 Å². The zero-order valence-corrected chi connectivity index (χ0v) is 9.83. The fraction of sp³-hybridized carbons (Fsp3) is 0.0833. The van der Waals surface area contributed by atoms with Crippen LogP contribution in [0, 0.1) is 0 Å². The van der Waals surface area contributed by atoms with E-state index in [0.717, 1.165) is 6.33 Å². The Kier molecular flexibility index (Phi) is 3.46. The molecule has 0 saturated carbocycles. The Morgan fingerprint density at radius 1 is 1.37 bits per heavy atom. The molecule has 0 spiro atoms. The summed E-state index contributed by atoms with van der Waals surface area (Å²) >= 11 is 0. The number of anilines is 2. The number of H-pyrrole nitrogens is 1. The molecular formula is C12H12N4O3. The number of carboxylic acid groups (broad SMARTS) is 1. The van der Waals surface area contributed by atoms with Crippen molar-refractivity contribution in [2.75, 3.05) is 11.1 Å². The van der Waals surface area contributed by atoms with Gasteiger partial charge in [0, 0.05) is 0 Å². The van der Waals surface area contributed by atoms with E-state index in [9.17, 15) is 14.7 Å². The summed E-state index contributed by atoms with van der Waals surface area (Å²) in [5, 5.41) is 11.9. The molecule has 0 bridgehead atoms. The van der Waals surface area contributed by atoms with Crippen molar-refractivity contribution < 1.29 is 9.90 Å². The quantitative estimate of drug-likeness (QED) is 0.638. The molecule has 1 unspecified atom stereocenters. The van der Waals surface area contributed by atoms with Gasteiger partial charge in [0.2, 0.25) is 0 Å². The Bertz CT molecular complexity index is 639. The van der Waals surface area contributed by atoms with Crippen LogP contribution in [-0.2, 0) is 4.79 Å². The van der Waals surface area contributed by atoms with Crippen molar-refractivity contribution in [3.05, 3.63) is 52.6 Å². The molecule has 1 heterocycles. The molecule has 19 heavy (non-hydrogen) atoms. The lowest BCUT2D eigenvalue weighted by molar-refractivity contribution is -0.138. The van der Waals surface area contributed by atoms with Crippen LogP contribution >= 0.6 is 0 Å². The van der Waals surface area contributed by atoms with Gasteiger partial charge in [0.1, 0.15) is 5.69 Å². The molecular weight excluding hydrogens is 248 g/mol. The van der Waals surface area contributed by atoms with E-state index in [1.165, 1.54) is 0 Å². The minimum atomic E-state index is -1.09. The topological polar surface area (TPSA) is 121 Å². The molecule has 0 fully saturated rings. The fourth-order valence-electron chi connectivity index (χ4n) is 1.60. The number of carbonyl (C=O) groups is 1. The lowest BCUT2D eigenvalue weighted by Crippen LogP contribution is -2.24. The average molecular weight is 260 g/mol. The van der Waals surface area contributed by atoms with E-state index in [-0.39, 0.29) is 11.5 Å². The highest BCUT2D eigenvalue weighted by Gasteiger charge is 2.21. The third-order valence-electron chi connectivity index (χ3n) is 2.55. The SMILES string of the molecule is Nc1c(NC(C(=O)O)c2ccccc2)nc[nH]c1=O. The number of hydrogen-bond donors (Lipinski definition) is 4. The first-order chi connectivity index (χ1) is 9.09. The number of hydrogen-bond acceptors (Lipinski definition) is 5. The number of aliphatic carboxylic acids is 1. The van der Waals surface area contributed by atoms with Crippen LogP contribution in [0.25, 0.3) is 0 Å². The second-order valence-corrected chi connectivity index (χ2v) is 3.82. The second-order valence-electron chi connectivity index (χ2n) is 3.82. The number of aromatic nitrogens is 2. The second kappa shape index (κ2) is 5.21. The molecule has 1 aromatic heterocycles.